The van der Waals surface area contributed by atoms with Crippen molar-refractivity contribution < 1.29 is 0 Å². The number of nitrogen functional groups attached to an aromatic ring is 1. The largest absolute Gasteiger partial charge is 0.398 e. The standard InChI is InChI=1S/C14H9N7/c15-8-9-10(16)7-11(13-17-3-1-4-18-13)21-12(9)14-19-5-2-6-20-14/h1-7H,(H2,16,21). The fourth-order valence-corrected chi connectivity index (χ4v) is 1.81. The Morgan fingerprint density at radius 1 is 0.905 bits per heavy atom. The van der Waals surface area contributed by atoms with Gasteiger partial charge in [-0.2, -0.15) is 5.26 Å². The van der Waals surface area contributed by atoms with Gasteiger partial charge in [-0.25, -0.2) is 24.9 Å². The average Bonchev–Trinajstić information content (AvgIpc) is 2.55. The topological polar surface area (TPSA) is 114 Å². The molecule has 2 N–H and O–H groups in total. The molecular weight excluding hydrogens is 266 g/mol. The number of nitrogens with two attached hydrogens (primary N) is 1. The van der Waals surface area contributed by atoms with Crippen LogP contribution in [0.3, 0.4) is 0 Å². The maximum atomic E-state index is 9.27. The quantitative estimate of drug-likeness (QED) is 0.752. The molecule has 0 amide bonds. The van der Waals surface area contributed by atoms with Crippen molar-refractivity contribution in [2.45, 2.75) is 0 Å². The second-order valence-electron chi connectivity index (χ2n) is 4.08. The number of hydrogen-bond acceptors (Lipinski definition) is 7. The van der Waals surface area contributed by atoms with Gasteiger partial charge in [-0.1, -0.05) is 0 Å². The summed E-state index contributed by atoms with van der Waals surface area (Å²) in [5, 5.41) is 9.27. The summed E-state index contributed by atoms with van der Waals surface area (Å²) in [6, 6.07) is 6.99. The molecule has 0 bridgehead atoms. The smallest absolute Gasteiger partial charge is 0.179 e. The molecule has 0 radical (unpaired) electrons. The van der Waals surface area contributed by atoms with Gasteiger partial charge in [0.1, 0.15) is 23.0 Å². The summed E-state index contributed by atoms with van der Waals surface area (Å²) in [4.78, 5) is 20.9. The molecule has 21 heavy (non-hydrogen) atoms. The van der Waals surface area contributed by atoms with Gasteiger partial charge in [0.15, 0.2) is 11.6 Å². The Hall–Kier alpha value is -3.40. The molecule has 0 fully saturated rings. The molecule has 0 aliphatic rings. The molecule has 0 aliphatic heterocycles. The number of aromatic nitrogens is 5. The normalized spacial score (nSPS) is 10.0. The fraction of sp³-hybridized carbons (Fsp3) is 0. The molecule has 0 spiro atoms. The third kappa shape index (κ3) is 2.37. The van der Waals surface area contributed by atoms with Gasteiger partial charge in [-0.3, -0.25) is 0 Å². The first-order chi connectivity index (χ1) is 10.3. The van der Waals surface area contributed by atoms with E-state index in [4.69, 9.17) is 5.73 Å². The van der Waals surface area contributed by atoms with Crippen molar-refractivity contribution in [3.63, 3.8) is 0 Å². The third-order valence-electron chi connectivity index (χ3n) is 2.73. The summed E-state index contributed by atoms with van der Waals surface area (Å²) in [5.41, 5.74) is 7.25. The number of anilines is 1. The van der Waals surface area contributed by atoms with Crippen molar-refractivity contribution in [2.75, 3.05) is 5.73 Å². The average molecular weight is 275 g/mol. The first-order valence-electron chi connectivity index (χ1n) is 6.05. The minimum atomic E-state index is 0.237. The van der Waals surface area contributed by atoms with Crippen LogP contribution in [0.4, 0.5) is 5.69 Å². The van der Waals surface area contributed by atoms with E-state index in [0.717, 1.165) is 0 Å². The number of hydrogen-bond donors (Lipinski definition) is 1. The van der Waals surface area contributed by atoms with E-state index in [1.165, 1.54) is 0 Å². The SMILES string of the molecule is N#Cc1c(N)cc(-c2ncccn2)nc1-c1ncccn1. The molecule has 0 saturated carbocycles. The maximum absolute atomic E-state index is 9.27. The van der Waals surface area contributed by atoms with Crippen molar-refractivity contribution in [1.29, 1.82) is 5.26 Å². The van der Waals surface area contributed by atoms with Crippen LogP contribution in [-0.2, 0) is 0 Å². The number of nitrogens with zero attached hydrogens (tertiary/aromatic N) is 6. The van der Waals surface area contributed by atoms with E-state index < -0.39 is 0 Å². The van der Waals surface area contributed by atoms with E-state index in [9.17, 15) is 5.26 Å². The summed E-state index contributed by atoms with van der Waals surface area (Å²) in [5.74, 6) is 0.754. The van der Waals surface area contributed by atoms with Gasteiger partial charge >= 0.3 is 0 Å². The van der Waals surface area contributed by atoms with E-state index in [2.05, 4.69) is 24.9 Å². The lowest BCUT2D eigenvalue weighted by atomic mass is 10.1. The van der Waals surface area contributed by atoms with Gasteiger partial charge in [0, 0.05) is 24.8 Å². The third-order valence-corrected chi connectivity index (χ3v) is 2.73. The molecule has 100 valence electrons. The lowest BCUT2D eigenvalue weighted by Crippen LogP contribution is -2.02. The summed E-state index contributed by atoms with van der Waals surface area (Å²) in [6.45, 7) is 0. The molecule has 0 aliphatic carbocycles. The molecule has 3 aromatic rings. The monoisotopic (exact) mass is 275 g/mol. The van der Waals surface area contributed by atoms with Crippen LogP contribution in [0.25, 0.3) is 23.0 Å². The van der Waals surface area contributed by atoms with Gasteiger partial charge in [0.2, 0.25) is 0 Å². The Morgan fingerprint density at radius 3 is 2.05 bits per heavy atom. The molecule has 0 unspecified atom stereocenters. The van der Waals surface area contributed by atoms with Crippen LogP contribution in [0, 0.1) is 11.3 Å². The second-order valence-corrected chi connectivity index (χ2v) is 4.08. The number of nitriles is 1. The van der Waals surface area contributed by atoms with Crippen LogP contribution in [-0.4, -0.2) is 24.9 Å². The highest BCUT2D eigenvalue weighted by Gasteiger charge is 2.16. The first-order valence-corrected chi connectivity index (χ1v) is 6.05. The molecule has 3 aromatic heterocycles. The van der Waals surface area contributed by atoms with Crippen molar-refractivity contribution in [2.24, 2.45) is 0 Å². The Kier molecular flexibility index (Phi) is 3.19. The minimum Gasteiger partial charge on any atom is -0.398 e. The Balaban J connectivity index is 2.24. The number of rotatable bonds is 2. The van der Waals surface area contributed by atoms with Gasteiger partial charge in [-0.15, -0.1) is 0 Å². The van der Waals surface area contributed by atoms with Gasteiger partial charge in [0.25, 0.3) is 0 Å². The van der Waals surface area contributed by atoms with E-state index in [1.54, 1.807) is 43.0 Å². The van der Waals surface area contributed by atoms with Crippen LogP contribution in [0.5, 0.6) is 0 Å². The summed E-state index contributed by atoms with van der Waals surface area (Å²) < 4.78 is 0. The molecule has 7 nitrogen and oxygen atoms in total. The van der Waals surface area contributed by atoms with Crippen molar-refractivity contribution in [1.82, 2.24) is 24.9 Å². The Morgan fingerprint density at radius 2 is 1.48 bits per heavy atom. The summed E-state index contributed by atoms with van der Waals surface area (Å²) >= 11 is 0. The van der Waals surface area contributed by atoms with Crippen molar-refractivity contribution in [3.8, 4) is 29.1 Å². The zero-order valence-electron chi connectivity index (χ0n) is 10.8. The predicted molar refractivity (Wildman–Crippen MR) is 75.4 cm³/mol. The van der Waals surface area contributed by atoms with Crippen LogP contribution in [0.1, 0.15) is 5.56 Å². The van der Waals surface area contributed by atoms with Crippen LogP contribution in [0.2, 0.25) is 0 Å². The van der Waals surface area contributed by atoms with Crippen LogP contribution < -0.4 is 5.73 Å². The Bertz CT molecular complexity index is 810. The predicted octanol–water partition coefficient (Wildman–Crippen LogP) is 1.45. The maximum Gasteiger partial charge on any atom is 0.179 e. The highest BCUT2D eigenvalue weighted by molar-refractivity contribution is 5.74. The molecule has 3 rings (SSSR count). The van der Waals surface area contributed by atoms with E-state index in [1.807, 2.05) is 6.07 Å². The number of pyridine rings is 1. The van der Waals surface area contributed by atoms with Crippen LogP contribution in [0.15, 0.2) is 43.0 Å². The molecule has 0 aromatic carbocycles. The highest BCUT2D eigenvalue weighted by atomic mass is 14.9. The van der Waals surface area contributed by atoms with E-state index in [-0.39, 0.29) is 11.3 Å². The summed E-state index contributed by atoms with van der Waals surface area (Å²) in [7, 11) is 0. The molecular formula is C14H9N7. The Labute approximate surface area is 120 Å². The zero-order valence-corrected chi connectivity index (χ0v) is 10.8. The van der Waals surface area contributed by atoms with E-state index in [0.29, 0.717) is 23.0 Å². The molecule has 7 heteroatoms. The molecule has 3 heterocycles. The van der Waals surface area contributed by atoms with Gasteiger partial charge in [0.05, 0.1) is 5.69 Å². The van der Waals surface area contributed by atoms with Crippen LogP contribution >= 0.6 is 0 Å². The second kappa shape index (κ2) is 5.30. The summed E-state index contributed by atoms with van der Waals surface area (Å²) in [6.07, 6.45) is 6.37. The molecule has 0 atom stereocenters. The van der Waals surface area contributed by atoms with E-state index >= 15 is 0 Å². The fourth-order valence-electron chi connectivity index (χ4n) is 1.81. The lowest BCUT2D eigenvalue weighted by Gasteiger charge is -2.07. The van der Waals surface area contributed by atoms with Crippen molar-refractivity contribution in [3.05, 3.63) is 48.5 Å². The molecule has 0 saturated heterocycles. The van der Waals surface area contributed by atoms with Crippen molar-refractivity contribution >= 4 is 5.69 Å². The van der Waals surface area contributed by atoms with Gasteiger partial charge < -0.3 is 5.73 Å². The highest BCUT2D eigenvalue weighted by Crippen LogP contribution is 2.26. The minimum absolute atomic E-state index is 0.237. The van der Waals surface area contributed by atoms with Gasteiger partial charge in [-0.05, 0) is 18.2 Å². The first kappa shape index (κ1) is 12.6. The zero-order chi connectivity index (χ0) is 14.7. The lowest BCUT2D eigenvalue weighted by molar-refractivity contribution is 1.11.